The van der Waals surface area contributed by atoms with Crippen molar-refractivity contribution in [2.45, 2.75) is 31.7 Å². The first-order valence-electron chi connectivity index (χ1n) is 8.88. The Morgan fingerprint density at radius 2 is 1.88 bits per heavy atom. The Balaban J connectivity index is 1.67. The molecule has 2 aromatic heterocycles. The van der Waals surface area contributed by atoms with Gasteiger partial charge in [0.15, 0.2) is 0 Å². The van der Waals surface area contributed by atoms with Gasteiger partial charge in [-0.2, -0.15) is 4.98 Å². The molecule has 1 aliphatic carbocycles. The van der Waals surface area contributed by atoms with E-state index < -0.39 is 0 Å². The number of benzene rings is 1. The molecule has 1 fully saturated rings. The second-order valence-corrected chi connectivity index (χ2v) is 6.50. The van der Waals surface area contributed by atoms with Crippen LogP contribution in [-0.2, 0) is 0 Å². The molecule has 6 nitrogen and oxygen atoms in total. The van der Waals surface area contributed by atoms with Crippen molar-refractivity contribution in [3.63, 3.8) is 0 Å². The van der Waals surface area contributed by atoms with Gasteiger partial charge < -0.3 is 15.7 Å². The van der Waals surface area contributed by atoms with Gasteiger partial charge in [0.1, 0.15) is 11.6 Å². The van der Waals surface area contributed by atoms with Gasteiger partial charge in [-0.1, -0.05) is 18.9 Å². The molecule has 3 aromatic rings. The molecular formula is C20H21N5O. The standard InChI is InChI=1S/C20H21N5O/c26-17-9-3-8-16(11-17)22-19-12-18(14-5-4-10-21-13-14)24-20(25-19)23-15-6-1-2-7-15/h3-5,8-13,15,26H,1-2,6-7H2,(H2,22,23,24,25). The predicted molar refractivity (Wildman–Crippen MR) is 103 cm³/mol. The predicted octanol–water partition coefficient (Wildman–Crippen LogP) is 4.34. The van der Waals surface area contributed by atoms with Crippen LogP contribution in [0.25, 0.3) is 11.3 Å². The van der Waals surface area contributed by atoms with Gasteiger partial charge in [0, 0.05) is 41.8 Å². The van der Waals surface area contributed by atoms with Gasteiger partial charge >= 0.3 is 0 Å². The first kappa shape index (κ1) is 16.3. The van der Waals surface area contributed by atoms with Gasteiger partial charge in [-0.25, -0.2) is 4.98 Å². The molecule has 3 N–H and O–H groups in total. The van der Waals surface area contributed by atoms with E-state index in [-0.39, 0.29) is 5.75 Å². The van der Waals surface area contributed by atoms with E-state index in [1.54, 1.807) is 30.6 Å². The molecule has 4 rings (SSSR count). The molecule has 132 valence electrons. The van der Waals surface area contributed by atoms with Crippen LogP contribution in [0.4, 0.5) is 17.5 Å². The first-order chi connectivity index (χ1) is 12.8. The summed E-state index contributed by atoms with van der Waals surface area (Å²) < 4.78 is 0. The number of aromatic nitrogens is 3. The van der Waals surface area contributed by atoms with Crippen LogP contribution in [-0.4, -0.2) is 26.1 Å². The number of nitrogens with one attached hydrogen (secondary N) is 2. The largest absolute Gasteiger partial charge is 0.508 e. The molecular weight excluding hydrogens is 326 g/mol. The second-order valence-electron chi connectivity index (χ2n) is 6.50. The third-order valence-corrected chi connectivity index (χ3v) is 4.49. The highest BCUT2D eigenvalue weighted by atomic mass is 16.3. The summed E-state index contributed by atoms with van der Waals surface area (Å²) in [5.74, 6) is 1.49. The average Bonchev–Trinajstić information content (AvgIpc) is 3.15. The maximum absolute atomic E-state index is 9.67. The molecule has 0 amide bonds. The van der Waals surface area contributed by atoms with Crippen LogP contribution in [0.1, 0.15) is 25.7 Å². The first-order valence-corrected chi connectivity index (χ1v) is 8.88. The highest BCUT2D eigenvalue weighted by Crippen LogP contribution is 2.26. The molecule has 0 bridgehead atoms. The molecule has 0 radical (unpaired) electrons. The molecule has 1 saturated carbocycles. The number of hydrogen-bond acceptors (Lipinski definition) is 6. The van der Waals surface area contributed by atoms with Gasteiger partial charge in [-0.3, -0.25) is 4.98 Å². The van der Waals surface area contributed by atoms with Crippen molar-refractivity contribution in [3.8, 4) is 17.0 Å². The average molecular weight is 347 g/mol. The molecule has 26 heavy (non-hydrogen) atoms. The molecule has 0 atom stereocenters. The zero-order valence-corrected chi connectivity index (χ0v) is 14.4. The lowest BCUT2D eigenvalue weighted by Gasteiger charge is -2.15. The molecule has 1 aliphatic rings. The van der Waals surface area contributed by atoms with E-state index in [9.17, 15) is 5.11 Å². The second kappa shape index (κ2) is 7.39. The SMILES string of the molecule is Oc1cccc(Nc2cc(-c3cccnc3)nc(NC3CCCC3)n2)c1. The molecule has 0 saturated heterocycles. The fraction of sp³-hybridized carbons (Fsp3) is 0.250. The van der Waals surface area contributed by atoms with Gasteiger partial charge in [0.2, 0.25) is 5.95 Å². The maximum Gasteiger partial charge on any atom is 0.225 e. The van der Waals surface area contributed by atoms with Gasteiger partial charge in [-0.05, 0) is 37.1 Å². The minimum atomic E-state index is 0.209. The number of pyridine rings is 1. The topological polar surface area (TPSA) is 83.0 Å². The number of hydrogen-bond donors (Lipinski definition) is 3. The molecule has 0 aliphatic heterocycles. The number of nitrogens with zero attached hydrogens (tertiary/aromatic N) is 3. The Kier molecular flexibility index (Phi) is 4.64. The molecule has 0 unspecified atom stereocenters. The highest BCUT2D eigenvalue weighted by molar-refractivity contribution is 5.67. The number of aromatic hydroxyl groups is 1. The van der Waals surface area contributed by atoms with Gasteiger partial charge in [0.25, 0.3) is 0 Å². The zero-order valence-electron chi connectivity index (χ0n) is 14.4. The van der Waals surface area contributed by atoms with E-state index in [0.29, 0.717) is 17.8 Å². The van der Waals surface area contributed by atoms with E-state index in [4.69, 9.17) is 0 Å². The fourth-order valence-electron chi connectivity index (χ4n) is 3.22. The summed E-state index contributed by atoms with van der Waals surface area (Å²) in [6.07, 6.45) is 8.32. The molecule has 2 heterocycles. The summed E-state index contributed by atoms with van der Waals surface area (Å²) in [5, 5.41) is 16.4. The Hall–Kier alpha value is -3.15. The van der Waals surface area contributed by atoms with Crippen molar-refractivity contribution in [3.05, 3.63) is 54.9 Å². The Morgan fingerprint density at radius 1 is 1.00 bits per heavy atom. The zero-order chi connectivity index (χ0) is 17.8. The van der Waals surface area contributed by atoms with Gasteiger partial charge in [-0.15, -0.1) is 0 Å². The number of phenols is 1. The van der Waals surface area contributed by atoms with Crippen LogP contribution in [0.5, 0.6) is 5.75 Å². The van der Waals surface area contributed by atoms with E-state index in [1.807, 2.05) is 24.3 Å². The summed E-state index contributed by atoms with van der Waals surface area (Å²) in [6.45, 7) is 0. The van der Waals surface area contributed by atoms with Crippen molar-refractivity contribution in [1.82, 2.24) is 15.0 Å². The van der Waals surface area contributed by atoms with Crippen molar-refractivity contribution in [2.24, 2.45) is 0 Å². The minimum Gasteiger partial charge on any atom is -0.508 e. The lowest BCUT2D eigenvalue weighted by atomic mass is 10.2. The van der Waals surface area contributed by atoms with E-state index in [2.05, 4.69) is 25.6 Å². The normalized spacial score (nSPS) is 14.3. The Labute approximate surface area is 152 Å². The summed E-state index contributed by atoms with van der Waals surface area (Å²) in [6, 6.07) is 13.2. The third kappa shape index (κ3) is 3.91. The van der Waals surface area contributed by atoms with Crippen LogP contribution in [0.3, 0.4) is 0 Å². The minimum absolute atomic E-state index is 0.209. The van der Waals surface area contributed by atoms with Crippen molar-refractivity contribution in [2.75, 3.05) is 10.6 Å². The quantitative estimate of drug-likeness (QED) is 0.637. The summed E-state index contributed by atoms with van der Waals surface area (Å²) >= 11 is 0. The number of anilines is 3. The molecule has 0 spiro atoms. The van der Waals surface area contributed by atoms with Crippen LogP contribution in [0.15, 0.2) is 54.9 Å². The third-order valence-electron chi connectivity index (χ3n) is 4.49. The van der Waals surface area contributed by atoms with Crippen LogP contribution < -0.4 is 10.6 Å². The molecule has 1 aromatic carbocycles. The Morgan fingerprint density at radius 3 is 2.65 bits per heavy atom. The van der Waals surface area contributed by atoms with Gasteiger partial charge in [0.05, 0.1) is 5.69 Å². The summed E-state index contributed by atoms with van der Waals surface area (Å²) in [5.41, 5.74) is 2.51. The van der Waals surface area contributed by atoms with Crippen molar-refractivity contribution < 1.29 is 5.11 Å². The number of rotatable bonds is 5. The van der Waals surface area contributed by atoms with Crippen LogP contribution >= 0.6 is 0 Å². The van der Waals surface area contributed by atoms with E-state index in [0.717, 1.165) is 29.8 Å². The lowest BCUT2D eigenvalue weighted by molar-refractivity contribution is 0.475. The highest BCUT2D eigenvalue weighted by Gasteiger charge is 2.17. The number of phenolic OH excluding ortho intramolecular Hbond substituents is 1. The summed E-state index contributed by atoms with van der Waals surface area (Å²) in [7, 11) is 0. The van der Waals surface area contributed by atoms with Crippen LogP contribution in [0.2, 0.25) is 0 Å². The monoisotopic (exact) mass is 347 g/mol. The van der Waals surface area contributed by atoms with E-state index >= 15 is 0 Å². The lowest BCUT2D eigenvalue weighted by Crippen LogP contribution is -2.17. The van der Waals surface area contributed by atoms with Crippen molar-refractivity contribution in [1.29, 1.82) is 0 Å². The Bertz CT molecular complexity index is 878. The van der Waals surface area contributed by atoms with E-state index in [1.165, 1.54) is 12.8 Å². The smallest absolute Gasteiger partial charge is 0.225 e. The van der Waals surface area contributed by atoms with Crippen molar-refractivity contribution >= 4 is 17.5 Å². The molecule has 6 heteroatoms. The maximum atomic E-state index is 9.67. The van der Waals surface area contributed by atoms with Crippen LogP contribution in [0, 0.1) is 0 Å². The summed E-state index contributed by atoms with van der Waals surface area (Å²) in [4.78, 5) is 13.5. The fourth-order valence-corrected chi connectivity index (χ4v) is 3.22.